The lowest BCUT2D eigenvalue weighted by atomic mass is 9.89. The van der Waals surface area contributed by atoms with Crippen LogP contribution in [0.3, 0.4) is 0 Å². The van der Waals surface area contributed by atoms with Gasteiger partial charge in [-0.15, -0.1) is 0 Å². The van der Waals surface area contributed by atoms with Crippen molar-refractivity contribution in [3.05, 3.63) is 35.9 Å². The van der Waals surface area contributed by atoms with Crippen LogP contribution in [0.15, 0.2) is 30.3 Å². The van der Waals surface area contributed by atoms with E-state index in [0.717, 1.165) is 5.56 Å². The average Bonchev–Trinajstić information content (AvgIpc) is 2.17. The fourth-order valence-electron chi connectivity index (χ4n) is 1.41. The Morgan fingerprint density at radius 3 is 1.93 bits per heavy atom. The average molecular weight is 212 g/mol. The van der Waals surface area contributed by atoms with Crippen molar-refractivity contribution >= 4 is 0 Å². The highest BCUT2D eigenvalue weighted by molar-refractivity contribution is 5.17. The molecule has 0 bridgehead atoms. The summed E-state index contributed by atoms with van der Waals surface area (Å²) in [6.45, 7) is 1.57. The molecule has 0 aliphatic heterocycles. The topological polar surface area (TPSA) is 80.9 Å². The normalized spacial score (nSPS) is 16.1. The Morgan fingerprint density at radius 2 is 1.53 bits per heavy atom. The minimum atomic E-state index is -3.09. The van der Waals surface area contributed by atoms with Crippen molar-refractivity contribution < 1.29 is 20.4 Å². The molecular formula is C11H16O4. The number of aliphatic hydroxyl groups is 4. The van der Waals surface area contributed by atoms with Crippen molar-refractivity contribution in [2.45, 2.75) is 31.3 Å². The highest BCUT2D eigenvalue weighted by atomic mass is 16.7. The molecular weight excluding hydrogens is 196 g/mol. The van der Waals surface area contributed by atoms with E-state index in [1.165, 1.54) is 0 Å². The van der Waals surface area contributed by atoms with Gasteiger partial charge in [-0.25, -0.2) is 0 Å². The van der Waals surface area contributed by atoms with Gasteiger partial charge in [0.25, 0.3) is 0 Å². The van der Waals surface area contributed by atoms with Crippen LogP contribution >= 0.6 is 0 Å². The minimum Gasteiger partial charge on any atom is -0.381 e. The number of hydrogen-bond acceptors (Lipinski definition) is 4. The Balaban J connectivity index is 2.87. The van der Waals surface area contributed by atoms with Gasteiger partial charge in [0.2, 0.25) is 0 Å². The Morgan fingerprint density at radius 1 is 1.00 bits per heavy atom. The molecule has 0 heterocycles. The molecule has 15 heavy (non-hydrogen) atoms. The predicted octanol–water partition coefficient (Wildman–Crippen LogP) is 0.000900. The first-order chi connectivity index (χ1) is 6.89. The van der Waals surface area contributed by atoms with Crippen LogP contribution in [0.4, 0.5) is 0 Å². The first kappa shape index (κ1) is 12.1. The first-order valence-corrected chi connectivity index (χ1v) is 4.82. The molecule has 0 radical (unpaired) electrons. The molecule has 1 unspecified atom stereocenters. The van der Waals surface area contributed by atoms with E-state index in [2.05, 4.69) is 0 Å². The summed E-state index contributed by atoms with van der Waals surface area (Å²) in [5.41, 5.74) is -1.22. The van der Waals surface area contributed by atoms with Gasteiger partial charge in [0.15, 0.2) is 0 Å². The molecule has 0 spiro atoms. The molecule has 1 aromatic rings. The van der Waals surface area contributed by atoms with Crippen molar-refractivity contribution in [3.63, 3.8) is 0 Å². The van der Waals surface area contributed by atoms with Gasteiger partial charge < -0.3 is 20.4 Å². The lowest BCUT2D eigenvalue weighted by Crippen LogP contribution is -2.55. The second-order valence-corrected chi connectivity index (χ2v) is 3.68. The monoisotopic (exact) mass is 212 g/mol. The van der Waals surface area contributed by atoms with Gasteiger partial charge in [0.05, 0.1) is 0 Å². The molecule has 4 heteroatoms. The Hall–Kier alpha value is -0.940. The molecule has 0 saturated heterocycles. The number of rotatable bonds is 4. The predicted molar refractivity (Wildman–Crippen MR) is 54.8 cm³/mol. The Labute approximate surface area is 88.4 Å². The van der Waals surface area contributed by atoms with Gasteiger partial charge in [0.1, 0.15) is 5.60 Å². The van der Waals surface area contributed by atoms with Crippen molar-refractivity contribution in [1.29, 1.82) is 0 Å². The fraction of sp³-hybridized carbons (Fsp3) is 0.455. The maximum atomic E-state index is 9.86. The van der Waals surface area contributed by atoms with E-state index in [-0.39, 0.29) is 12.8 Å². The zero-order valence-corrected chi connectivity index (χ0v) is 8.59. The van der Waals surface area contributed by atoms with Crippen molar-refractivity contribution in [2.24, 2.45) is 0 Å². The van der Waals surface area contributed by atoms with E-state index in [1.54, 1.807) is 31.2 Å². The molecule has 4 N–H and O–H groups in total. The largest absolute Gasteiger partial charge is 0.381 e. The van der Waals surface area contributed by atoms with E-state index in [9.17, 15) is 5.11 Å². The van der Waals surface area contributed by atoms with E-state index in [0.29, 0.717) is 0 Å². The maximum Gasteiger partial charge on any atom is 0.306 e. The van der Waals surface area contributed by atoms with Gasteiger partial charge in [-0.3, -0.25) is 0 Å². The molecule has 0 aliphatic carbocycles. The summed E-state index contributed by atoms with van der Waals surface area (Å²) in [6, 6.07) is 8.86. The quantitative estimate of drug-likeness (QED) is 0.530. The van der Waals surface area contributed by atoms with Crippen molar-refractivity contribution in [1.82, 2.24) is 0 Å². The summed E-state index contributed by atoms with van der Waals surface area (Å²) in [6.07, 6.45) is 0.0131. The molecule has 4 nitrogen and oxygen atoms in total. The van der Waals surface area contributed by atoms with Crippen molar-refractivity contribution in [2.75, 3.05) is 0 Å². The molecule has 0 aromatic heterocycles. The Bertz CT molecular complexity index is 304. The van der Waals surface area contributed by atoms with Gasteiger partial charge in [-0.1, -0.05) is 37.3 Å². The van der Waals surface area contributed by atoms with E-state index < -0.39 is 11.6 Å². The summed E-state index contributed by atoms with van der Waals surface area (Å²) in [5.74, 6) is -3.09. The fourth-order valence-corrected chi connectivity index (χ4v) is 1.41. The summed E-state index contributed by atoms with van der Waals surface area (Å²) in [5, 5.41) is 37.0. The first-order valence-electron chi connectivity index (χ1n) is 4.82. The van der Waals surface area contributed by atoms with Gasteiger partial charge in [0, 0.05) is 6.42 Å². The van der Waals surface area contributed by atoms with Crippen LogP contribution in [-0.2, 0) is 6.42 Å². The third-order valence-electron chi connectivity index (χ3n) is 2.55. The zero-order valence-electron chi connectivity index (χ0n) is 8.59. The molecule has 1 atom stereocenters. The maximum absolute atomic E-state index is 9.86. The molecule has 0 saturated carbocycles. The van der Waals surface area contributed by atoms with E-state index >= 15 is 0 Å². The van der Waals surface area contributed by atoms with Crippen LogP contribution < -0.4 is 0 Å². The third kappa shape index (κ3) is 2.76. The zero-order chi connectivity index (χ0) is 11.5. The molecule has 0 fully saturated rings. The lowest BCUT2D eigenvalue weighted by molar-refractivity contribution is -0.391. The smallest absolute Gasteiger partial charge is 0.306 e. The van der Waals surface area contributed by atoms with Crippen LogP contribution in [0.5, 0.6) is 0 Å². The van der Waals surface area contributed by atoms with E-state index in [4.69, 9.17) is 15.3 Å². The van der Waals surface area contributed by atoms with Crippen LogP contribution in [0.25, 0.3) is 0 Å². The highest BCUT2D eigenvalue weighted by Crippen LogP contribution is 2.25. The van der Waals surface area contributed by atoms with Gasteiger partial charge in [-0.05, 0) is 12.0 Å². The minimum absolute atomic E-state index is 0.0200. The van der Waals surface area contributed by atoms with E-state index in [1.807, 2.05) is 6.07 Å². The van der Waals surface area contributed by atoms with Crippen LogP contribution in [0.2, 0.25) is 0 Å². The van der Waals surface area contributed by atoms with Crippen LogP contribution in [-0.4, -0.2) is 32.0 Å². The SMILES string of the molecule is CCC(O)(Cc1ccccc1)C(O)(O)O. The summed E-state index contributed by atoms with van der Waals surface area (Å²) in [7, 11) is 0. The summed E-state index contributed by atoms with van der Waals surface area (Å²) < 4.78 is 0. The molecule has 1 rings (SSSR count). The second kappa shape index (κ2) is 4.28. The summed E-state index contributed by atoms with van der Waals surface area (Å²) in [4.78, 5) is 0. The van der Waals surface area contributed by atoms with Crippen LogP contribution in [0.1, 0.15) is 18.9 Å². The van der Waals surface area contributed by atoms with Crippen LogP contribution in [0, 0.1) is 0 Å². The summed E-state index contributed by atoms with van der Waals surface area (Å²) >= 11 is 0. The second-order valence-electron chi connectivity index (χ2n) is 3.68. The molecule has 0 aliphatic rings. The van der Waals surface area contributed by atoms with Crippen molar-refractivity contribution in [3.8, 4) is 0 Å². The van der Waals surface area contributed by atoms with Gasteiger partial charge in [-0.2, -0.15) is 0 Å². The molecule has 1 aromatic carbocycles. The van der Waals surface area contributed by atoms with Gasteiger partial charge >= 0.3 is 5.97 Å². The lowest BCUT2D eigenvalue weighted by Gasteiger charge is -2.34. The highest BCUT2D eigenvalue weighted by Gasteiger charge is 2.45. The Kier molecular flexibility index (Phi) is 3.46. The third-order valence-corrected chi connectivity index (χ3v) is 2.55. The molecule has 0 amide bonds. The standard InChI is InChI=1S/C11H16O4/c1-2-10(12,11(13,14)15)8-9-6-4-3-5-7-9/h3-7,12-15H,2,8H2,1H3. The number of benzene rings is 1. The number of hydrogen-bond donors (Lipinski definition) is 4. The molecule has 84 valence electrons.